The van der Waals surface area contributed by atoms with Gasteiger partial charge in [-0.1, -0.05) is 12.1 Å². The van der Waals surface area contributed by atoms with E-state index in [1.807, 2.05) is 25.1 Å². The van der Waals surface area contributed by atoms with Crippen LogP contribution in [0.3, 0.4) is 0 Å². The molecule has 2 aromatic carbocycles. The molecule has 0 saturated carbocycles. The highest BCUT2D eigenvalue weighted by Crippen LogP contribution is 2.25. The van der Waals surface area contributed by atoms with Crippen LogP contribution in [0.15, 0.2) is 66.9 Å². The summed E-state index contributed by atoms with van der Waals surface area (Å²) in [4.78, 5) is 27.8. The minimum atomic E-state index is -0.283. The van der Waals surface area contributed by atoms with Gasteiger partial charge >= 0.3 is 0 Å². The number of aromatic nitrogens is 1. The maximum atomic E-state index is 12.9. The van der Waals surface area contributed by atoms with Crippen LogP contribution in [0.25, 0.3) is 0 Å². The van der Waals surface area contributed by atoms with E-state index in [4.69, 9.17) is 4.74 Å². The number of hydrogen-bond donors (Lipinski definition) is 2. The minimum Gasteiger partial charge on any atom is -0.494 e. The van der Waals surface area contributed by atoms with Crippen LogP contribution in [-0.2, 0) is 11.3 Å². The van der Waals surface area contributed by atoms with Gasteiger partial charge in [0.25, 0.3) is 5.91 Å². The van der Waals surface area contributed by atoms with Crippen molar-refractivity contribution in [1.82, 2.24) is 9.47 Å². The van der Waals surface area contributed by atoms with Crippen LogP contribution >= 0.6 is 0 Å². The summed E-state index contributed by atoms with van der Waals surface area (Å²) >= 11 is 0. The summed E-state index contributed by atoms with van der Waals surface area (Å²) in [5.74, 6) is 0.324. The van der Waals surface area contributed by atoms with Gasteiger partial charge in [0.15, 0.2) is 0 Å². The normalized spacial score (nSPS) is 15.6. The van der Waals surface area contributed by atoms with Crippen molar-refractivity contribution in [2.75, 3.05) is 30.3 Å². The minimum absolute atomic E-state index is 0.141. The number of fused-ring (bicyclic) bond motifs is 1. The molecule has 0 aliphatic carbocycles. The van der Waals surface area contributed by atoms with Gasteiger partial charge in [0.05, 0.1) is 24.4 Å². The van der Waals surface area contributed by atoms with Crippen molar-refractivity contribution in [3.05, 3.63) is 78.1 Å². The monoisotopic (exact) mass is 432 g/mol. The lowest BCUT2D eigenvalue weighted by molar-refractivity contribution is -0.118. The summed E-state index contributed by atoms with van der Waals surface area (Å²) in [6.45, 7) is 6.54. The molecule has 3 aromatic rings. The van der Waals surface area contributed by atoms with Crippen LogP contribution in [0.4, 0.5) is 11.4 Å². The number of hydrogen-bond acceptors (Lipinski definition) is 4. The molecule has 32 heavy (non-hydrogen) atoms. The second-order valence-corrected chi connectivity index (χ2v) is 7.78. The topological polar surface area (TPSA) is 75.6 Å². The molecular weight excluding hydrogens is 404 g/mol. The van der Waals surface area contributed by atoms with Crippen molar-refractivity contribution < 1.29 is 14.3 Å². The van der Waals surface area contributed by atoms with Gasteiger partial charge in [0.1, 0.15) is 5.75 Å². The Hall–Kier alpha value is -3.58. The molecule has 2 amide bonds. The van der Waals surface area contributed by atoms with Crippen molar-refractivity contribution in [1.29, 1.82) is 0 Å². The van der Waals surface area contributed by atoms with E-state index in [9.17, 15) is 9.59 Å². The maximum absolute atomic E-state index is 12.9. The first-order valence-electron chi connectivity index (χ1n) is 10.9. The van der Waals surface area contributed by atoms with Crippen LogP contribution in [0.2, 0.25) is 0 Å². The van der Waals surface area contributed by atoms with E-state index in [0.29, 0.717) is 23.5 Å². The molecule has 1 aliphatic heterocycles. The summed E-state index contributed by atoms with van der Waals surface area (Å²) in [5.41, 5.74) is 2.77. The van der Waals surface area contributed by atoms with Crippen LogP contribution in [0, 0.1) is 0 Å². The van der Waals surface area contributed by atoms with Gasteiger partial charge in [0.2, 0.25) is 5.91 Å². The average molecular weight is 433 g/mol. The highest BCUT2D eigenvalue weighted by molar-refractivity contribution is 6.10. The third-order valence-electron chi connectivity index (χ3n) is 5.68. The van der Waals surface area contributed by atoms with E-state index in [1.54, 1.807) is 36.4 Å². The first-order chi connectivity index (χ1) is 15.5. The van der Waals surface area contributed by atoms with E-state index in [1.165, 1.54) is 5.69 Å². The fourth-order valence-corrected chi connectivity index (χ4v) is 4.01. The highest BCUT2D eigenvalue weighted by atomic mass is 16.5. The number of carbonyl (C=O) groups excluding carboxylic acids is 2. The molecule has 7 nitrogen and oxygen atoms in total. The SMILES string of the molecule is CCOc1ccc(NC(=O)c2ccccc2NC(=O)CN2CCn3cccc3C2C)cc1. The van der Waals surface area contributed by atoms with Crippen molar-refractivity contribution in [2.45, 2.75) is 26.4 Å². The first-order valence-corrected chi connectivity index (χ1v) is 10.9. The van der Waals surface area contributed by atoms with Crippen LogP contribution in [0.5, 0.6) is 5.75 Å². The van der Waals surface area contributed by atoms with Gasteiger partial charge in [-0.15, -0.1) is 0 Å². The van der Waals surface area contributed by atoms with Crippen molar-refractivity contribution in [2.24, 2.45) is 0 Å². The molecule has 0 radical (unpaired) electrons. The molecule has 0 bridgehead atoms. The summed E-state index contributed by atoms with van der Waals surface area (Å²) < 4.78 is 7.65. The van der Waals surface area contributed by atoms with Gasteiger partial charge in [0, 0.05) is 36.7 Å². The van der Waals surface area contributed by atoms with Crippen molar-refractivity contribution >= 4 is 23.2 Å². The summed E-state index contributed by atoms with van der Waals surface area (Å²) in [6, 6.07) is 18.5. The smallest absolute Gasteiger partial charge is 0.257 e. The molecule has 1 aliphatic rings. The zero-order valence-corrected chi connectivity index (χ0v) is 18.4. The lowest BCUT2D eigenvalue weighted by Crippen LogP contribution is -2.41. The van der Waals surface area contributed by atoms with Crippen LogP contribution in [0.1, 0.15) is 35.9 Å². The third kappa shape index (κ3) is 4.84. The van der Waals surface area contributed by atoms with Crippen LogP contribution in [-0.4, -0.2) is 41.0 Å². The second-order valence-electron chi connectivity index (χ2n) is 7.78. The number of amides is 2. The fraction of sp³-hybridized carbons (Fsp3) is 0.280. The maximum Gasteiger partial charge on any atom is 0.257 e. The molecular formula is C25H28N4O3. The van der Waals surface area contributed by atoms with Crippen LogP contribution < -0.4 is 15.4 Å². The number of carbonyl (C=O) groups is 2. The van der Waals surface area contributed by atoms with E-state index in [0.717, 1.165) is 18.8 Å². The lowest BCUT2D eigenvalue weighted by Gasteiger charge is -2.34. The Balaban J connectivity index is 1.40. The van der Waals surface area contributed by atoms with Gasteiger partial charge in [-0.05, 0) is 62.4 Å². The molecule has 7 heteroatoms. The third-order valence-corrected chi connectivity index (χ3v) is 5.68. The van der Waals surface area contributed by atoms with E-state index >= 15 is 0 Å². The Labute approximate surface area is 188 Å². The zero-order valence-electron chi connectivity index (χ0n) is 18.4. The van der Waals surface area contributed by atoms with Gasteiger partial charge in [-0.25, -0.2) is 0 Å². The number of anilines is 2. The molecule has 0 saturated heterocycles. The Morgan fingerprint density at radius 1 is 1.00 bits per heavy atom. The zero-order chi connectivity index (χ0) is 22.5. The standard InChI is InChI=1S/C25H28N4O3/c1-3-32-20-12-10-19(11-13-20)26-25(31)21-7-4-5-8-22(21)27-24(30)17-29-16-15-28-14-6-9-23(28)18(29)2/h4-14,18H,3,15-17H2,1-2H3,(H,26,31)(H,27,30). The predicted octanol–water partition coefficient (Wildman–Crippen LogP) is 4.15. The Morgan fingerprint density at radius 3 is 2.56 bits per heavy atom. The van der Waals surface area contributed by atoms with E-state index in [2.05, 4.69) is 39.3 Å². The number of rotatable bonds is 7. The molecule has 0 spiro atoms. The van der Waals surface area contributed by atoms with Crippen molar-refractivity contribution in [3.8, 4) is 5.75 Å². The van der Waals surface area contributed by atoms with Gasteiger partial charge in [-0.3, -0.25) is 14.5 Å². The average Bonchev–Trinajstić information content (AvgIpc) is 3.27. The molecule has 0 fully saturated rings. The Bertz CT molecular complexity index is 1090. The predicted molar refractivity (Wildman–Crippen MR) is 125 cm³/mol. The highest BCUT2D eigenvalue weighted by Gasteiger charge is 2.25. The van der Waals surface area contributed by atoms with E-state index in [-0.39, 0.29) is 24.4 Å². The molecule has 1 unspecified atom stereocenters. The number of nitrogens with one attached hydrogen (secondary N) is 2. The Morgan fingerprint density at radius 2 is 1.78 bits per heavy atom. The molecule has 166 valence electrons. The second kappa shape index (κ2) is 9.70. The van der Waals surface area contributed by atoms with Crippen molar-refractivity contribution in [3.63, 3.8) is 0 Å². The quantitative estimate of drug-likeness (QED) is 0.588. The number of nitrogens with zero attached hydrogens (tertiary/aromatic N) is 2. The molecule has 2 heterocycles. The number of benzene rings is 2. The molecule has 1 aromatic heterocycles. The Kier molecular flexibility index (Phi) is 6.56. The summed E-state index contributed by atoms with van der Waals surface area (Å²) in [7, 11) is 0. The lowest BCUT2D eigenvalue weighted by atomic mass is 10.1. The summed E-state index contributed by atoms with van der Waals surface area (Å²) in [5, 5.41) is 5.80. The number of ether oxygens (including phenoxy) is 1. The number of para-hydroxylation sites is 1. The summed E-state index contributed by atoms with van der Waals surface area (Å²) in [6.07, 6.45) is 2.07. The molecule has 2 N–H and O–H groups in total. The van der Waals surface area contributed by atoms with E-state index < -0.39 is 0 Å². The fourth-order valence-electron chi connectivity index (χ4n) is 4.01. The van der Waals surface area contributed by atoms with Gasteiger partial charge in [-0.2, -0.15) is 0 Å². The largest absolute Gasteiger partial charge is 0.494 e. The molecule has 4 rings (SSSR count). The first kappa shape index (κ1) is 21.6. The van der Waals surface area contributed by atoms with Gasteiger partial charge < -0.3 is 19.9 Å². The molecule has 1 atom stereocenters.